The average Bonchev–Trinajstić information content (AvgIpc) is 2.78. The van der Waals surface area contributed by atoms with Crippen molar-refractivity contribution in [1.82, 2.24) is 4.98 Å². The molecular weight excluding hydrogens is 397 g/mol. The highest BCUT2D eigenvalue weighted by molar-refractivity contribution is 5.52. The Hall–Kier alpha value is -3.91. The van der Waals surface area contributed by atoms with Crippen molar-refractivity contribution < 1.29 is 13.2 Å². The molecule has 1 heterocycles. The molecular formula is C26H17F3N2. The number of nitrogens with zero attached hydrogens (tertiary/aromatic N) is 2. The highest BCUT2D eigenvalue weighted by atomic mass is 19.1. The van der Waals surface area contributed by atoms with E-state index in [9.17, 15) is 13.2 Å². The Labute approximate surface area is 178 Å². The number of pyridine rings is 1. The molecule has 0 atom stereocenters. The van der Waals surface area contributed by atoms with Crippen molar-refractivity contribution in [3.8, 4) is 6.07 Å². The Balaban J connectivity index is 2.05. The minimum atomic E-state index is -1.07. The maximum Gasteiger partial charge on any atom is 0.140 e. The molecule has 0 bridgehead atoms. The van der Waals surface area contributed by atoms with E-state index in [1.54, 1.807) is 48.5 Å². The van der Waals surface area contributed by atoms with Crippen LogP contribution in [0.1, 0.15) is 27.9 Å². The van der Waals surface area contributed by atoms with E-state index in [1.807, 2.05) is 6.07 Å². The van der Waals surface area contributed by atoms with Crippen molar-refractivity contribution in [1.29, 1.82) is 5.26 Å². The van der Waals surface area contributed by atoms with Gasteiger partial charge in [-0.05, 0) is 71.1 Å². The molecule has 0 N–H and O–H groups in total. The number of nitriles is 1. The minimum absolute atomic E-state index is 0.224. The first-order chi connectivity index (χ1) is 15.0. The molecule has 0 amide bonds. The predicted molar refractivity (Wildman–Crippen MR) is 112 cm³/mol. The Bertz CT molecular complexity index is 1210. The van der Waals surface area contributed by atoms with Crippen LogP contribution in [0, 0.1) is 28.8 Å². The zero-order chi connectivity index (χ0) is 21.8. The van der Waals surface area contributed by atoms with Crippen LogP contribution in [0.2, 0.25) is 0 Å². The molecule has 5 heteroatoms. The fraction of sp³-hybridized carbons (Fsp3) is 0.0769. The summed E-state index contributed by atoms with van der Waals surface area (Å²) < 4.78 is 42.7. The van der Waals surface area contributed by atoms with Gasteiger partial charge in [0.25, 0.3) is 0 Å². The van der Waals surface area contributed by atoms with Crippen LogP contribution in [0.3, 0.4) is 0 Å². The third kappa shape index (κ3) is 4.06. The maximum absolute atomic E-state index is 14.3. The van der Waals surface area contributed by atoms with Gasteiger partial charge in [-0.25, -0.2) is 18.2 Å². The average molecular weight is 414 g/mol. The predicted octanol–water partition coefficient (Wildman–Crippen LogP) is 5.95. The molecule has 0 radical (unpaired) electrons. The minimum Gasteiger partial charge on any atom is -0.245 e. The SMILES string of the molecule is N#Cc1ccc(C(Cc2cccc(F)c2)(c2cccc(F)c2)c2cccc(F)c2)cn1. The van der Waals surface area contributed by atoms with Gasteiger partial charge in [-0.15, -0.1) is 0 Å². The van der Waals surface area contributed by atoms with E-state index in [0.29, 0.717) is 22.3 Å². The second-order valence-electron chi connectivity index (χ2n) is 7.28. The fourth-order valence-electron chi connectivity index (χ4n) is 3.98. The monoisotopic (exact) mass is 414 g/mol. The van der Waals surface area contributed by atoms with Crippen LogP contribution >= 0.6 is 0 Å². The molecule has 0 aliphatic heterocycles. The second kappa shape index (κ2) is 8.45. The Kier molecular flexibility index (Phi) is 5.55. The van der Waals surface area contributed by atoms with Crippen molar-refractivity contribution in [3.05, 3.63) is 137 Å². The number of benzene rings is 3. The molecule has 0 aliphatic rings. The summed E-state index contributed by atoms with van der Waals surface area (Å²) in [6.07, 6.45) is 1.76. The van der Waals surface area contributed by atoms with Crippen molar-refractivity contribution in [2.75, 3.05) is 0 Å². The highest BCUT2D eigenvalue weighted by Gasteiger charge is 2.37. The first-order valence-corrected chi connectivity index (χ1v) is 9.64. The van der Waals surface area contributed by atoms with Gasteiger partial charge >= 0.3 is 0 Å². The molecule has 4 rings (SSSR count). The molecule has 0 saturated carbocycles. The first kappa shape index (κ1) is 20.4. The quantitative estimate of drug-likeness (QED) is 0.405. The summed E-state index contributed by atoms with van der Waals surface area (Å²) in [5.41, 5.74) is 1.56. The van der Waals surface area contributed by atoms with Gasteiger partial charge < -0.3 is 0 Å². The molecule has 0 aliphatic carbocycles. The summed E-state index contributed by atoms with van der Waals surface area (Å²) in [4.78, 5) is 4.20. The third-order valence-electron chi connectivity index (χ3n) is 5.36. The summed E-state index contributed by atoms with van der Waals surface area (Å²) in [7, 11) is 0. The van der Waals surface area contributed by atoms with Gasteiger partial charge in [0.05, 0.1) is 5.41 Å². The highest BCUT2D eigenvalue weighted by Crippen LogP contribution is 2.42. The van der Waals surface area contributed by atoms with Crippen LogP contribution in [0.25, 0.3) is 0 Å². The van der Waals surface area contributed by atoms with Crippen molar-refractivity contribution in [2.45, 2.75) is 11.8 Å². The molecule has 0 spiro atoms. The summed E-state index contributed by atoms with van der Waals surface area (Å²) >= 11 is 0. The third-order valence-corrected chi connectivity index (χ3v) is 5.36. The molecule has 2 nitrogen and oxygen atoms in total. The van der Waals surface area contributed by atoms with E-state index in [4.69, 9.17) is 5.26 Å². The largest absolute Gasteiger partial charge is 0.245 e. The number of aromatic nitrogens is 1. The Morgan fingerprint density at radius 2 is 1.29 bits per heavy atom. The first-order valence-electron chi connectivity index (χ1n) is 9.64. The van der Waals surface area contributed by atoms with Crippen LogP contribution in [-0.2, 0) is 11.8 Å². The maximum atomic E-state index is 14.3. The molecule has 31 heavy (non-hydrogen) atoms. The van der Waals surface area contributed by atoms with Gasteiger partial charge in [0, 0.05) is 6.20 Å². The van der Waals surface area contributed by atoms with E-state index >= 15 is 0 Å². The van der Waals surface area contributed by atoms with Crippen LogP contribution < -0.4 is 0 Å². The molecule has 3 aromatic carbocycles. The summed E-state index contributed by atoms with van der Waals surface area (Å²) in [6.45, 7) is 0. The number of hydrogen-bond acceptors (Lipinski definition) is 2. The molecule has 0 fully saturated rings. The second-order valence-corrected chi connectivity index (χ2v) is 7.28. The van der Waals surface area contributed by atoms with Crippen LogP contribution in [0.4, 0.5) is 13.2 Å². The summed E-state index contributed by atoms with van der Waals surface area (Å²) in [6, 6.07) is 23.5. The lowest BCUT2D eigenvalue weighted by molar-refractivity contribution is 0.571. The van der Waals surface area contributed by atoms with Crippen molar-refractivity contribution >= 4 is 0 Å². The van der Waals surface area contributed by atoms with Gasteiger partial charge in [-0.1, -0.05) is 42.5 Å². The lowest BCUT2D eigenvalue weighted by Gasteiger charge is -2.36. The zero-order valence-corrected chi connectivity index (χ0v) is 16.4. The van der Waals surface area contributed by atoms with E-state index in [1.165, 1.54) is 42.6 Å². The van der Waals surface area contributed by atoms with E-state index in [2.05, 4.69) is 4.98 Å². The summed E-state index contributed by atoms with van der Waals surface area (Å²) in [5, 5.41) is 9.15. The molecule has 0 unspecified atom stereocenters. The topological polar surface area (TPSA) is 36.7 Å². The van der Waals surface area contributed by atoms with Gasteiger partial charge in [0.15, 0.2) is 0 Å². The van der Waals surface area contributed by atoms with Gasteiger partial charge in [-0.2, -0.15) is 5.26 Å². The molecule has 0 saturated heterocycles. The zero-order valence-electron chi connectivity index (χ0n) is 16.4. The van der Waals surface area contributed by atoms with E-state index in [0.717, 1.165) is 0 Å². The number of rotatable bonds is 5. The Morgan fingerprint density at radius 1 is 0.710 bits per heavy atom. The lowest BCUT2D eigenvalue weighted by Crippen LogP contribution is -2.32. The number of hydrogen-bond donors (Lipinski definition) is 0. The normalized spacial score (nSPS) is 11.2. The lowest BCUT2D eigenvalue weighted by atomic mass is 9.66. The molecule has 152 valence electrons. The van der Waals surface area contributed by atoms with E-state index in [-0.39, 0.29) is 12.1 Å². The summed E-state index contributed by atoms with van der Waals surface area (Å²) in [5.74, 6) is -1.29. The van der Waals surface area contributed by atoms with Crippen LogP contribution in [0.5, 0.6) is 0 Å². The van der Waals surface area contributed by atoms with Crippen LogP contribution in [-0.4, -0.2) is 4.98 Å². The standard InChI is InChI=1S/C26H17F3N2/c27-22-7-1-4-18(12-22)15-26(19-5-2-8-23(28)13-19,20-6-3-9-24(29)14-20)21-10-11-25(16-30)31-17-21/h1-14,17H,15H2. The smallest absolute Gasteiger partial charge is 0.140 e. The van der Waals surface area contributed by atoms with Gasteiger partial charge in [0.2, 0.25) is 0 Å². The fourth-order valence-corrected chi connectivity index (χ4v) is 3.98. The number of halogens is 3. The molecule has 1 aromatic heterocycles. The van der Waals surface area contributed by atoms with Crippen LogP contribution in [0.15, 0.2) is 91.1 Å². The van der Waals surface area contributed by atoms with Gasteiger partial charge in [-0.3, -0.25) is 0 Å². The van der Waals surface area contributed by atoms with E-state index < -0.39 is 22.9 Å². The Morgan fingerprint density at radius 3 is 1.77 bits per heavy atom. The molecule has 4 aromatic rings. The van der Waals surface area contributed by atoms with Gasteiger partial charge in [0.1, 0.15) is 29.2 Å². The van der Waals surface area contributed by atoms with Crippen molar-refractivity contribution in [3.63, 3.8) is 0 Å². The van der Waals surface area contributed by atoms with Crippen molar-refractivity contribution in [2.24, 2.45) is 0 Å².